The Morgan fingerprint density at radius 1 is 1.36 bits per heavy atom. The van der Waals surface area contributed by atoms with Crippen LogP contribution in [-0.4, -0.2) is 17.0 Å². The molecule has 1 aromatic carbocycles. The summed E-state index contributed by atoms with van der Waals surface area (Å²) in [6.07, 6.45) is 1.29. The second kappa shape index (κ2) is 5.03. The van der Waals surface area contributed by atoms with Gasteiger partial charge in [0, 0.05) is 22.7 Å². The van der Waals surface area contributed by atoms with Crippen LogP contribution in [0, 0.1) is 17.0 Å². The molecule has 0 saturated carbocycles. The summed E-state index contributed by atoms with van der Waals surface area (Å²) >= 11 is 0. The average Bonchev–Trinajstić information content (AvgIpc) is 2.95. The fourth-order valence-electron chi connectivity index (χ4n) is 2.42. The summed E-state index contributed by atoms with van der Waals surface area (Å²) in [4.78, 5) is 15.1. The van der Waals surface area contributed by atoms with Crippen LogP contribution in [0.3, 0.4) is 0 Å². The predicted octanol–water partition coefficient (Wildman–Crippen LogP) is 3.30. The number of nitrogen functional groups attached to an aromatic ring is 1. The van der Waals surface area contributed by atoms with Crippen molar-refractivity contribution >= 4 is 22.3 Å². The third kappa shape index (κ3) is 2.12. The van der Waals surface area contributed by atoms with Gasteiger partial charge in [-0.2, -0.15) is 0 Å². The van der Waals surface area contributed by atoms with Crippen molar-refractivity contribution < 1.29 is 14.1 Å². The van der Waals surface area contributed by atoms with Crippen molar-refractivity contribution in [1.29, 1.82) is 0 Å². The Labute approximate surface area is 125 Å². The quantitative estimate of drug-likeness (QED) is 0.452. The van der Waals surface area contributed by atoms with E-state index in [9.17, 15) is 10.1 Å². The Morgan fingerprint density at radius 2 is 2.14 bits per heavy atom. The Morgan fingerprint density at radius 3 is 2.82 bits per heavy atom. The molecule has 7 nitrogen and oxygen atoms in total. The number of rotatable bonds is 3. The highest BCUT2D eigenvalue weighted by Gasteiger charge is 2.22. The number of benzene rings is 1. The molecule has 0 aliphatic heterocycles. The minimum absolute atomic E-state index is 0.0960. The molecular formula is C15H13N3O4. The van der Waals surface area contributed by atoms with E-state index in [0.717, 1.165) is 0 Å². The molecule has 0 aliphatic rings. The number of nitro groups is 1. The molecule has 3 aromatic rings. The molecule has 0 radical (unpaired) electrons. The van der Waals surface area contributed by atoms with Crippen molar-refractivity contribution in [3.63, 3.8) is 0 Å². The van der Waals surface area contributed by atoms with Crippen LogP contribution in [0.4, 0.5) is 11.4 Å². The lowest BCUT2D eigenvalue weighted by atomic mass is 10.0. The lowest BCUT2D eigenvalue weighted by molar-refractivity contribution is -0.384. The zero-order valence-electron chi connectivity index (χ0n) is 12.0. The van der Waals surface area contributed by atoms with E-state index >= 15 is 0 Å². The third-order valence-corrected chi connectivity index (χ3v) is 3.37. The molecule has 0 bridgehead atoms. The van der Waals surface area contributed by atoms with Gasteiger partial charge in [-0.1, -0.05) is 0 Å². The van der Waals surface area contributed by atoms with Crippen molar-refractivity contribution in [3.8, 4) is 17.1 Å². The minimum Gasteiger partial charge on any atom is -0.495 e. The molecule has 0 spiro atoms. The first-order valence-corrected chi connectivity index (χ1v) is 6.48. The summed E-state index contributed by atoms with van der Waals surface area (Å²) in [5.74, 6) is 0.690. The molecule has 2 heterocycles. The third-order valence-electron chi connectivity index (χ3n) is 3.37. The van der Waals surface area contributed by atoms with E-state index in [1.807, 2.05) is 0 Å². The topological polar surface area (TPSA) is 104 Å². The van der Waals surface area contributed by atoms with E-state index in [0.29, 0.717) is 33.6 Å². The second-order valence-corrected chi connectivity index (χ2v) is 4.81. The molecule has 0 saturated heterocycles. The first-order valence-electron chi connectivity index (χ1n) is 6.48. The van der Waals surface area contributed by atoms with Crippen molar-refractivity contribution in [2.45, 2.75) is 6.92 Å². The van der Waals surface area contributed by atoms with Gasteiger partial charge in [-0.25, -0.2) is 0 Å². The number of pyridine rings is 1. The molecule has 2 aromatic heterocycles. The number of aryl methyl sites for hydroxylation is 1. The summed E-state index contributed by atoms with van der Waals surface area (Å²) in [7, 11) is 1.52. The Balaban J connectivity index is 2.36. The SMILES string of the molecule is COc1cc2nc(C)cc(-c3occc3[N+](=O)[O-])c2cc1N. The molecule has 0 amide bonds. The van der Waals surface area contributed by atoms with Gasteiger partial charge >= 0.3 is 5.69 Å². The lowest BCUT2D eigenvalue weighted by Gasteiger charge is -2.10. The van der Waals surface area contributed by atoms with Crippen molar-refractivity contribution in [1.82, 2.24) is 4.98 Å². The van der Waals surface area contributed by atoms with Gasteiger partial charge < -0.3 is 14.9 Å². The van der Waals surface area contributed by atoms with Gasteiger partial charge in [0.2, 0.25) is 5.76 Å². The van der Waals surface area contributed by atoms with Gasteiger partial charge in [0.1, 0.15) is 5.75 Å². The number of anilines is 1. The summed E-state index contributed by atoms with van der Waals surface area (Å²) in [6, 6.07) is 6.45. The van der Waals surface area contributed by atoms with Crippen LogP contribution in [0.25, 0.3) is 22.2 Å². The molecule has 7 heteroatoms. The Bertz CT molecular complexity index is 886. The van der Waals surface area contributed by atoms with E-state index in [1.165, 1.54) is 19.4 Å². The van der Waals surface area contributed by atoms with Gasteiger partial charge in [0.05, 0.1) is 35.6 Å². The summed E-state index contributed by atoms with van der Waals surface area (Å²) < 4.78 is 10.5. The fraction of sp³-hybridized carbons (Fsp3) is 0.133. The standard InChI is InChI=1S/C15H13N3O4/c1-8-5-10(15-13(18(19)20)3-4-22-15)9-6-11(16)14(21-2)7-12(9)17-8/h3-7H,16H2,1-2H3. The van der Waals surface area contributed by atoms with Crippen LogP contribution in [0.1, 0.15) is 5.69 Å². The van der Waals surface area contributed by atoms with E-state index in [-0.39, 0.29) is 11.4 Å². The zero-order valence-corrected chi connectivity index (χ0v) is 12.0. The van der Waals surface area contributed by atoms with Gasteiger partial charge in [-0.15, -0.1) is 0 Å². The first kappa shape index (κ1) is 13.9. The van der Waals surface area contributed by atoms with E-state index in [1.54, 1.807) is 25.1 Å². The molecule has 0 aliphatic carbocycles. The fourth-order valence-corrected chi connectivity index (χ4v) is 2.42. The number of nitrogens with zero attached hydrogens (tertiary/aromatic N) is 2. The molecular weight excluding hydrogens is 286 g/mol. The van der Waals surface area contributed by atoms with E-state index in [4.69, 9.17) is 14.9 Å². The lowest BCUT2D eigenvalue weighted by Crippen LogP contribution is -1.96. The zero-order chi connectivity index (χ0) is 15.9. The number of hydrogen-bond donors (Lipinski definition) is 1. The van der Waals surface area contributed by atoms with Crippen LogP contribution in [0.15, 0.2) is 34.9 Å². The van der Waals surface area contributed by atoms with Gasteiger partial charge in [-0.05, 0) is 19.1 Å². The number of nitrogens with two attached hydrogens (primary N) is 1. The number of furan rings is 1. The Hall–Kier alpha value is -3.09. The number of hydrogen-bond acceptors (Lipinski definition) is 6. The van der Waals surface area contributed by atoms with Crippen LogP contribution in [0.2, 0.25) is 0 Å². The first-order chi connectivity index (χ1) is 10.5. The van der Waals surface area contributed by atoms with Crippen LogP contribution >= 0.6 is 0 Å². The molecule has 0 atom stereocenters. The monoisotopic (exact) mass is 299 g/mol. The number of fused-ring (bicyclic) bond motifs is 1. The predicted molar refractivity (Wildman–Crippen MR) is 81.8 cm³/mol. The normalized spacial score (nSPS) is 10.8. The number of methoxy groups -OCH3 is 1. The molecule has 112 valence electrons. The van der Waals surface area contributed by atoms with Gasteiger partial charge in [0.15, 0.2) is 0 Å². The van der Waals surface area contributed by atoms with E-state index in [2.05, 4.69) is 4.98 Å². The number of ether oxygens (including phenoxy) is 1. The maximum atomic E-state index is 11.1. The maximum absolute atomic E-state index is 11.1. The maximum Gasteiger partial charge on any atom is 0.315 e. The molecule has 3 rings (SSSR count). The van der Waals surface area contributed by atoms with Crippen LogP contribution in [0.5, 0.6) is 5.75 Å². The summed E-state index contributed by atoms with van der Waals surface area (Å²) in [5.41, 5.74) is 8.19. The van der Waals surface area contributed by atoms with Crippen molar-refractivity contribution in [2.75, 3.05) is 12.8 Å². The molecule has 0 fully saturated rings. The number of aromatic nitrogens is 1. The average molecular weight is 299 g/mol. The second-order valence-electron chi connectivity index (χ2n) is 4.81. The van der Waals surface area contributed by atoms with Gasteiger partial charge in [0.25, 0.3) is 0 Å². The minimum atomic E-state index is -0.479. The van der Waals surface area contributed by atoms with Crippen LogP contribution in [-0.2, 0) is 0 Å². The largest absolute Gasteiger partial charge is 0.495 e. The van der Waals surface area contributed by atoms with Crippen molar-refractivity contribution in [3.05, 3.63) is 46.3 Å². The highest BCUT2D eigenvalue weighted by Crippen LogP contribution is 2.38. The Kier molecular flexibility index (Phi) is 3.17. The molecule has 2 N–H and O–H groups in total. The summed E-state index contributed by atoms with van der Waals surface area (Å²) in [5, 5.41) is 11.8. The molecule has 22 heavy (non-hydrogen) atoms. The van der Waals surface area contributed by atoms with Crippen LogP contribution < -0.4 is 10.5 Å². The van der Waals surface area contributed by atoms with Crippen molar-refractivity contribution in [2.24, 2.45) is 0 Å². The van der Waals surface area contributed by atoms with E-state index < -0.39 is 4.92 Å². The highest BCUT2D eigenvalue weighted by atomic mass is 16.6. The van der Waals surface area contributed by atoms with Gasteiger partial charge in [-0.3, -0.25) is 15.1 Å². The highest BCUT2D eigenvalue weighted by molar-refractivity contribution is 5.98. The molecule has 0 unspecified atom stereocenters. The smallest absolute Gasteiger partial charge is 0.315 e. The summed E-state index contributed by atoms with van der Waals surface area (Å²) in [6.45, 7) is 1.81.